The summed E-state index contributed by atoms with van der Waals surface area (Å²) in [5.41, 5.74) is -2.42. The van der Waals surface area contributed by atoms with Gasteiger partial charge >= 0.3 is 12.1 Å². The van der Waals surface area contributed by atoms with Gasteiger partial charge in [0, 0.05) is 12.2 Å². The van der Waals surface area contributed by atoms with E-state index in [0.29, 0.717) is 4.90 Å². The Morgan fingerprint density at radius 2 is 1.67 bits per heavy atom. The van der Waals surface area contributed by atoms with Gasteiger partial charge in [0.05, 0.1) is 13.1 Å². The van der Waals surface area contributed by atoms with Crippen LogP contribution in [0.15, 0.2) is 12.2 Å². The fraction of sp³-hybridized carbons (Fsp3) is 0.538. The van der Waals surface area contributed by atoms with Gasteiger partial charge in [0.1, 0.15) is 5.60 Å². The summed E-state index contributed by atoms with van der Waals surface area (Å²) in [4.78, 5) is 48.5. The first-order valence-corrected chi connectivity index (χ1v) is 6.34. The van der Waals surface area contributed by atoms with Crippen LogP contribution in [0.2, 0.25) is 0 Å². The molecule has 0 spiro atoms. The molecule has 114 valence electrons. The van der Waals surface area contributed by atoms with Crippen molar-refractivity contribution in [3.63, 3.8) is 0 Å². The zero-order valence-electron chi connectivity index (χ0n) is 12.0. The van der Waals surface area contributed by atoms with Gasteiger partial charge in [-0.1, -0.05) is 0 Å². The van der Waals surface area contributed by atoms with E-state index in [1.54, 1.807) is 20.8 Å². The lowest BCUT2D eigenvalue weighted by atomic mass is 9.88. The standard InChI is InChI=1S/C13H16N2O6/c1-12(2,3)21-11(20)14-6-13(7-14,10(18)19)15-8(16)4-5-9(15)17/h4-5H,6-7H2,1-3H3,(H,18,19). The molecule has 0 aromatic carbocycles. The van der Waals surface area contributed by atoms with Gasteiger partial charge in [-0.05, 0) is 20.8 Å². The molecule has 0 aliphatic carbocycles. The molecule has 0 atom stereocenters. The molecule has 2 aliphatic rings. The minimum atomic E-state index is -1.71. The molecule has 0 radical (unpaired) electrons. The highest BCUT2D eigenvalue weighted by atomic mass is 16.6. The van der Waals surface area contributed by atoms with Crippen LogP contribution in [0, 0.1) is 0 Å². The number of likely N-dealkylation sites (tertiary alicyclic amines) is 1. The summed E-state index contributed by atoms with van der Waals surface area (Å²) < 4.78 is 5.12. The van der Waals surface area contributed by atoms with Crippen molar-refractivity contribution in [2.45, 2.75) is 31.9 Å². The summed E-state index contributed by atoms with van der Waals surface area (Å²) >= 11 is 0. The van der Waals surface area contributed by atoms with Crippen LogP contribution >= 0.6 is 0 Å². The molecule has 0 unspecified atom stereocenters. The van der Waals surface area contributed by atoms with Gasteiger partial charge in [-0.15, -0.1) is 0 Å². The molecule has 0 aromatic heterocycles. The molecule has 1 saturated heterocycles. The van der Waals surface area contributed by atoms with Gasteiger partial charge in [0.15, 0.2) is 5.54 Å². The van der Waals surface area contributed by atoms with E-state index in [-0.39, 0.29) is 13.1 Å². The number of rotatable bonds is 2. The maximum Gasteiger partial charge on any atom is 0.410 e. The molecule has 2 heterocycles. The van der Waals surface area contributed by atoms with E-state index >= 15 is 0 Å². The van der Waals surface area contributed by atoms with Crippen molar-refractivity contribution < 1.29 is 29.0 Å². The number of hydrogen-bond donors (Lipinski definition) is 1. The molecular weight excluding hydrogens is 280 g/mol. The van der Waals surface area contributed by atoms with Crippen LogP contribution in [0.25, 0.3) is 0 Å². The SMILES string of the molecule is CC(C)(C)OC(=O)N1CC(C(=O)O)(N2C(=O)C=CC2=O)C1. The fourth-order valence-corrected chi connectivity index (χ4v) is 2.24. The minimum Gasteiger partial charge on any atom is -0.479 e. The van der Waals surface area contributed by atoms with Crippen LogP contribution in [-0.2, 0) is 19.1 Å². The first-order valence-electron chi connectivity index (χ1n) is 6.34. The van der Waals surface area contributed by atoms with Crippen LogP contribution in [0.3, 0.4) is 0 Å². The molecule has 8 heteroatoms. The number of carbonyl (C=O) groups excluding carboxylic acids is 3. The average molecular weight is 296 g/mol. The summed E-state index contributed by atoms with van der Waals surface area (Å²) in [5, 5.41) is 9.36. The predicted octanol–water partition coefficient (Wildman–Crippen LogP) is -0.0145. The Morgan fingerprint density at radius 1 is 1.19 bits per heavy atom. The van der Waals surface area contributed by atoms with Gasteiger partial charge in [0.2, 0.25) is 0 Å². The Bertz CT molecular complexity index is 535. The summed E-state index contributed by atoms with van der Waals surface area (Å²) in [6.07, 6.45) is 1.36. The zero-order valence-corrected chi connectivity index (χ0v) is 12.0. The zero-order chi connectivity index (χ0) is 16.0. The third-order valence-corrected chi connectivity index (χ3v) is 3.19. The van der Waals surface area contributed by atoms with E-state index in [0.717, 1.165) is 17.1 Å². The van der Waals surface area contributed by atoms with Gasteiger partial charge in [-0.3, -0.25) is 14.5 Å². The van der Waals surface area contributed by atoms with Crippen molar-refractivity contribution >= 4 is 23.9 Å². The van der Waals surface area contributed by atoms with Gasteiger partial charge in [-0.25, -0.2) is 9.59 Å². The number of aliphatic carboxylic acids is 1. The van der Waals surface area contributed by atoms with Crippen molar-refractivity contribution in [1.29, 1.82) is 0 Å². The first-order chi connectivity index (χ1) is 9.57. The molecule has 0 bridgehead atoms. The number of carbonyl (C=O) groups is 4. The van der Waals surface area contributed by atoms with E-state index in [9.17, 15) is 24.3 Å². The Balaban J connectivity index is 2.13. The highest BCUT2D eigenvalue weighted by Crippen LogP contribution is 2.32. The quantitative estimate of drug-likeness (QED) is 0.718. The number of imide groups is 1. The van der Waals surface area contributed by atoms with Crippen molar-refractivity contribution in [2.75, 3.05) is 13.1 Å². The molecule has 8 nitrogen and oxygen atoms in total. The normalized spacial score (nSPS) is 20.5. The van der Waals surface area contributed by atoms with Crippen molar-refractivity contribution in [2.24, 2.45) is 0 Å². The molecule has 3 amide bonds. The number of amides is 3. The largest absolute Gasteiger partial charge is 0.479 e. The molecule has 1 fully saturated rings. The maximum absolute atomic E-state index is 11.8. The van der Waals surface area contributed by atoms with Crippen LogP contribution in [0.5, 0.6) is 0 Å². The van der Waals surface area contributed by atoms with Crippen LogP contribution in [0.4, 0.5) is 4.79 Å². The Hall–Kier alpha value is -2.38. The average Bonchev–Trinajstić information content (AvgIpc) is 2.56. The molecule has 0 saturated carbocycles. The number of carboxylic acids is 1. The second-order valence-corrected chi connectivity index (χ2v) is 6.02. The maximum atomic E-state index is 11.8. The number of ether oxygens (including phenoxy) is 1. The molecule has 0 aromatic rings. The van der Waals surface area contributed by atoms with Crippen molar-refractivity contribution in [3.05, 3.63) is 12.2 Å². The summed E-state index contributed by atoms with van der Waals surface area (Å²) in [6.45, 7) is 4.50. The number of carboxylic acid groups (broad SMARTS) is 1. The molecule has 21 heavy (non-hydrogen) atoms. The smallest absolute Gasteiger partial charge is 0.410 e. The number of hydrogen-bond acceptors (Lipinski definition) is 5. The molecule has 2 aliphatic heterocycles. The Morgan fingerprint density at radius 3 is 2.05 bits per heavy atom. The Kier molecular flexibility index (Phi) is 3.27. The van der Waals surface area contributed by atoms with E-state index < -0.39 is 35.0 Å². The third-order valence-electron chi connectivity index (χ3n) is 3.19. The highest BCUT2D eigenvalue weighted by molar-refractivity contribution is 6.16. The lowest BCUT2D eigenvalue weighted by Gasteiger charge is -2.50. The Labute approximate surface area is 120 Å². The lowest BCUT2D eigenvalue weighted by molar-refractivity contribution is -0.173. The molecule has 1 N–H and O–H groups in total. The second kappa shape index (κ2) is 4.57. The van der Waals surface area contributed by atoms with Gasteiger partial charge in [-0.2, -0.15) is 0 Å². The highest BCUT2D eigenvalue weighted by Gasteiger charge is 2.60. The van der Waals surface area contributed by atoms with Crippen molar-refractivity contribution in [3.8, 4) is 0 Å². The van der Waals surface area contributed by atoms with E-state index in [2.05, 4.69) is 0 Å². The van der Waals surface area contributed by atoms with E-state index in [4.69, 9.17) is 4.74 Å². The summed E-state index contributed by atoms with van der Waals surface area (Å²) in [5.74, 6) is -2.70. The number of nitrogens with zero attached hydrogens (tertiary/aromatic N) is 2. The first kappa shape index (κ1) is 15.0. The van der Waals surface area contributed by atoms with E-state index in [1.807, 2.05) is 0 Å². The van der Waals surface area contributed by atoms with Gasteiger partial charge in [0.25, 0.3) is 11.8 Å². The van der Waals surface area contributed by atoms with Crippen LogP contribution in [0.1, 0.15) is 20.8 Å². The van der Waals surface area contributed by atoms with Crippen molar-refractivity contribution in [1.82, 2.24) is 9.80 Å². The monoisotopic (exact) mass is 296 g/mol. The van der Waals surface area contributed by atoms with Crippen LogP contribution in [-0.4, -0.2) is 63.0 Å². The minimum absolute atomic E-state index is 0.281. The van der Waals surface area contributed by atoms with Crippen LogP contribution < -0.4 is 0 Å². The lowest BCUT2D eigenvalue weighted by Crippen LogP contribution is -2.76. The fourth-order valence-electron chi connectivity index (χ4n) is 2.24. The predicted molar refractivity (Wildman–Crippen MR) is 69.2 cm³/mol. The topological polar surface area (TPSA) is 104 Å². The third kappa shape index (κ3) is 2.48. The second-order valence-electron chi connectivity index (χ2n) is 6.02. The molecular formula is C13H16N2O6. The molecule has 2 rings (SSSR count). The van der Waals surface area contributed by atoms with E-state index in [1.165, 1.54) is 0 Å². The summed E-state index contributed by atoms with van der Waals surface area (Å²) in [6, 6.07) is 0. The van der Waals surface area contributed by atoms with Gasteiger partial charge < -0.3 is 14.7 Å². The summed E-state index contributed by atoms with van der Waals surface area (Å²) in [7, 11) is 0.